The first-order valence-electron chi connectivity index (χ1n) is 7.76. The first kappa shape index (κ1) is 15.0. The van der Waals surface area contributed by atoms with E-state index < -0.39 is 6.10 Å². The highest BCUT2D eigenvalue weighted by atomic mass is 19.1. The Bertz CT molecular complexity index is 777. The third-order valence-corrected chi connectivity index (χ3v) is 4.41. The molecular formula is C18H16FNO4. The van der Waals surface area contributed by atoms with Crippen LogP contribution in [-0.2, 0) is 0 Å². The van der Waals surface area contributed by atoms with Crippen LogP contribution in [-0.4, -0.2) is 35.4 Å². The zero-order chi connectivity index (χ0) is 16.7. The molecule has 1 N–H and O–H groups in total. The normalized spacial score (nSPS) is 22.0. The molecule has 2 aliphatic rings. The average molecular weight is 329 g/mol. The van der Waals surface area contributed by atoms with Crippen molar-refractivity contribution in [1.82, 2.24) is 4.90 Å². The summed E-state index contributed by atoms with van der Waals surface area (Å²) in [7, 11) is 0. The number of halogens is 1. The van der Waals surface area contributed by atoms with Crippen LogP contribution in [0.25, 0.3) is 0 Å². The van der Waals surface area contributed by atoms with Crippen molar-refractivity contribution < 1.29 is 23.8 Å². The van der Waals surface area contributed by atoms with Crippen LogP contribution in [0.2, 0.25) is 0 Å². The van der Waals surface area contributed by atoms with E-state index >= 15 is 0 Å². The van der Waals surface area contributed by atoms with Crippen molar-refractivity contribution in [2.45, 2.75) is 18.6 Å². The molecule has 2 heterocycles. The van der Waals surface area contributed by atoms with E-state index in [-0.39, 0.29) is 31.1 Å². The maximum Gasteiger partial charge on any atom is 0.254 e. The number of β-amino-alcohol motifs (C(OH)–C–C–N with tert-alkyl or cyclic N) is 1. The molecule has 1 amide bonds. The molecule has 1 fully saturated rings. The number of hydrogen-bond donors (Lipinski definition) is 1. The molecule has 2 aromatic rings. The summed E-state index contributed by atoms with van der Waals surface area (Å²) in [6.45, 7) is 0.392. The third-order valence-electron chi connectivity index (χ3n) is 4.41. The summed E-state index contributed by atoms with van der Waals surface area (Å²) in [4.78, 5) is 14.5. The molecule has 0 aliphatic carbocycles. The van der Waals surface area contributed by atoms with Crippen LogP contribution in [0.5, 0.6) is 11.5 Å². The number of amides is 1. The number of nitrogens with zero attached hydrogens (tertiary/aromatic N) is 1. The third kappa shape index (κ3) is 2.59. The van der Waals surface area contributed by atoms with Gasteiger partial charge < -0.3 is 19.5 Å². The van der Waals surface area contributed by atoms with Gasteiger partial charge in [-0.05, 0) is 42.3 Å². The summed E-state index contributed by atoms with van der Waals surface area (Å²) in [6, 6.07) is 10.8. The monoisotopic (exact) mass is 329 g/mol. The van der Waals surface area contributed by atoms with Crippen LogP contribution in [0.1, 0.15) is 28.4 Å². The van der Waals surface area contributed by atoms with E-state index in [2.05, 4.69) is 0 Å². The fraction of sp³-hybridized carbons (Fsp3) is 0.278. The molecule has 0 radical (unpaired) electrons. The Hall–Kier alpha value is -2.60. The van der Waals surface area contributed by atoms with E-state index in [9.17, 15) is 14.3 Å². The molecule has 4 rings (SSSR count). The Morgan fingerprint density at radius 2 is 1.88 bits per heavy atom. The minimum absolute atomic E-state index is 0.146. The SMILES string of the molecule is O=C(c1ccc2c(c1)OCO2)N1C[C@H](O)C[C@@H]1c1ccc(F)cc1. The highest BCUT2D eigenvalue weighted by molar-refractivity contribution is 5.95. The van der Waals surface area contributed by atoms with E-state index in [1.807, 2.05) is 0 Å². The van der Waals surface area contributed by atoms with E-state index in [0.717, 1.165) is 5.56 Å². The van der Waals surface area contributed by atoms with Gasteiger partial charge in [-0.15, -0.1) is 0 Å². The summed E-state index contributed by atoms with van der Waals surface area (Å²) in [5.41, 5.74) is 1.28. The van der Waals surface area contributed by atoms with E-state index in [1.54, 1.807) is 35.2 Å². The maximum atomic E-state index is 13.1. The fourth-order valence-electron chi connectivity index (χ4n) is 3.23. The van der Waals surface area contributed by atoms with Crippen LogP contribution in [0.3, 0.4) is 0 Å². The van der Waals surface area contributed by atoms with Gasteiger partial charge >= 0.3 is 0 Å². The highest BCUT2D eigenvalue weighted by Gasteiger charge is 2.36. The maximum absolute atomic E-state index is 13.1. The summed E-state index contributed by atoms with van der Waals surface area (Å²) >= 11 is 0. The molecule has 0 spiro atoms. The molecule has 24 heavy (non-hydrogen) atoms. The Labute approximate surface area is 138 Å². The number of likely N-dealkylation sites (tertiary alicyclic amines) is 1. The lowest BCUT2D eigenvalue weighted by molar-refractivity contribution is 0.0715. The number of hydrogen-bond acceptors (Lipinski definition) is 4. The van der Waals surface area contributed by atoms with Crippen molar-refractivity contribution in [3.63, 3.8) is 0 Å². The second kappa shape index (κ2) is 5.79. The van der Waals surface area contributed by atoms with Crippen molar-refractivity contribution in [1.29, 1.82) is 0 Å². The van der Waals surface area contributed by atoms with Crippen molar-refractivity contribution in [3.8, 4) is 11.5 Å². The van der Waals surface area contributed by atoms with Crippen molar-refractivity contribution in [2.24, 2.45) is 0 Å². The number of benzene rings is 2. The lowest BCUT2D eigenvalue weighted by atomic mass is 10.0. The topological polar surface area (TPSA) is 59.0 Å². The van der Waals surface area contributed by atoms with Gasteiger partial charge in [0.15, 0.2) is 11.5 Å². The van der Waals surface area contributed by atoms with E-state index in [1.165, 1.54) is 12.1 Å². The summed E-state index contributed by atoms with van der Waals surface area (Å²) < 4.78 is 23.7. The molecule has 2 aliphatic heterocycles. The molecule has 2 atom stereocenters. The van der Waals surface area contributed by atoms with Gasteiger partial charge in [-0.1, -0.05) is 12.1 Å². The molecule has 1 saturated heterocycles. The standard InChI is InChI=1S/C18H16FNO4/c19-13-4-1-11(2-5-13)15-8-14(21)9-20(15)18(22)12-3-6-16-17(7-12)24-10-23-16/h1-7,14-15,21H,8-10H2/t14-,15-/m1/s1. The summed E-state index contributed by atoms with van der Waals surface area (Å²) in [5, 5.41) is 10.0. The van der Waals surface area contributed by atoms with Crippen LogP contribution < -0.4 is 9.47 Å². The Balaban J connectivity index is 1.63. The Kier molecular flexibility index (Phi) is 3.61. The molecule has 0 unspecified atom stereocenters. The van der Waals surface area contributed by atoms with Crippen molar-refractivity contribution in [2.75, 3.05) is 13.3 Å². The fourth-order valence-corrected chi connectivity index (χ4v) is 3.23. The first-order chi connectivity index (χ1) is 11.6. The number of fused-ring (bicyclic) bond motifs is 1. The molecule has 2 aromatic carbocycles. The first-order valence-corrected chi connectivity index (χ1v) is 7.76. The van der Waals surface area contributed by atoms with Crippen molar-refractivity contribution in [3.05, 3.63) is 59.4 Å². The molecule has 0 aromatic heterocycles. The van der Waals surface area contributed by atoms with E-state index in [4.69, 9.17) is 9.47 Å². The zero-order valence-electron chi connectivity index (χ0n) is 12.8. The number of carbonyl (C=O) groups is 1. The molecule has 0 saturated carbocycles. The number of aliphatic hydroxyl groups excluding tert-OH is 1. The molecule has 6 heteroatoms. The lowest BCUT2D eigenvalue weighted by Gasteiger charge is -2.25. The van der Waals surface area contributed by atoms with Crippen LogP contribution in [0, 0.1) is 5.82 Å². The van der Waals surface area contributed by atoms with Crippen LogP contribution in [0.4, 0.5) is 4.39 Å². The van der Waals surface area contributed by atoms with Crippen molar-refractivity contribution >= 4 is 5.91 Å². The molecule has 5 nitrogen and oxygen atoms in total. The largest absolute Gasteiger partial charge is 0.454 e. The summed E-state index contributed by atoms with van der Waals surface area (Å²) in [6.07, 6.45) is -0.167. The average Bonchev–Trinajstić information content (AvgIpc) is 3.20. The van der Waals surface area contributed by atoms with Gasteiger partial charge in [0.1, 0.15) is 5.82 Å². The predicted molar refractivity (Wildman–Crippen MR) is 83.4 cm³/mol. The van der Waals surface area contributed by atoms with E-state index in [0.29, 0.717) is 23.5 Å². The van der Waals surface area contributed by atoms with Gasteiger partial charge in [0, 0.05) is 12.1 Å². The summed E-state index contributed by atoms with van der Waals surface area (Å²) in [5.74, 6) is 0.632. The second-order valence-corrected chi connectivity index (χ2v) is 5.98. The van der Waals surface area contributed by atoms with Gasteiger partial charge in [-0.2, -0.15) is 0 Å². The quantitative estimate of drug-likeness (QED) is 0.920. The second-order valence-electron chi connectivity index (χ2n) is 5.98. The van der Waals surface area contributed by atoms with Gasteiger partial charge in [0.2, 0.25) is 6.79 Å². The molecular weight excluding hydrogens is 313 g/mol. The molecule has 0 bridgehead atoms. The van der Waals surface area contributed by atoms with Gasteiger partial charge in [0.05, 0.1) is 12.1 Å². The number of aliphatic hydroxyl groups is 1. The van der Waals surface area contributed by atoms with Gasteiger partial charge in [-0.3, -0.25) is 4.79 Å². The van der Waals surface area contributed by atoms with Gasteiger partial charge in [-0.25, -0.2) is 4.39 Å². The Morgan fingerprint density at radius 1 is 1.12 bits per heavy atom. The number of rotatable bonds is 2. The lowest BCUT2D eigenvalue weighted by Crippen LogP contribution is -2.31. The predicted octanol–water partition coefficient (Wildman–Crippen LogP) is 2.50. The smallest absolute Gasteiger partial charge is 0.254 e. The molecule has 124 valence electrons. The minimum atomic E-state index is -0.599. The number of ether oxygens (including phenoxy) is 2. The van der Waals surface area contributed by atoms with Crippen LogP contribution >= 0.6 is 0 Å². The van der Waals surface area contributed by atoms with Gasteiger partial charge in [0.25, 0.3) is 5.91 Å². The minimum Gasteiger partial charge on any atom is -0.454 e. The van der Waals surface area contributed by atoms with Crippen LogP contribution in [0.15, 0.2) is 42.5 Å². The Morgan fingerprint density at radius 3 is 2.67 bits per heavy atom. The number of carbonyl (C=O) groups excluding carboxylic acids is 1. The highest BCUT2D eigenvalue weighted by Crippen LogP contribution is 2.36. The zero-order valence-corrected chi connectivity index (χ0v) is 12.8.